The Balaban J connectivity index is 2.12. The minimum Gasteiger partial charge on any atom is -0.308 e. The molecule has 0 fully saturated rings. The van der Waals surface area contributed by atoms with Crippen molar-refractivity contribution in [1.29, 1.82) is 0 Å². The molecule has 0 radical (unpaired) electrons. The summed E-state index contributed by atoms with van der Waals surface area (Å²) in [6.45, 7) is 2.68. The van der Waals surface area contributed by atoms with Gasteiger partial charge in [0, 0.05) is 0 Å². The maximum absolute atomic E-state index is 6.02. The highest BCUT2D eigenvalue weighted by Crippen LogP contribution is 2.20. The Morgan fingerprint density at radius 3 is 2.72 bits per heavy atom. The molecule has 0 amide bonds. The molecule has 0 N–H and O–H groups in total. The van der Waals surface area contributed by atoms with E-state index in [2.05, 4.69) is 27.1 Å². The fraction of sp³-hybridized carbons (Fsp3) is 0.154. The van der Waals surface area contributed by atoms with Gasteiger partial charge in [-0.05, 0) is 12.5 Å². The number of halogens is 1. The van der Waals surface area contributed by atoms with Crippen molar-refractivity contribution in [3.05, 3.63) is 53.2 Å². The zero-order valence-electron chi connectivity index (χ0n) is 9.84. The van der Waals surface area contributed by atoms with E-state index in [4.69, 9.17) is 11.6 Å². The van der Waals surface area contributed by atoms with Crippen LogP contribution < -0.4 is 0 Å². The van der Waals surface area contributed by atoms with Crippen molar-refractivity contribution in [2.45, 2.75) is 13.5 Å². The van der Waals surface area contributed by atoms with Gasteiger partial charge in [0.05, 0.1) is 6.54 Å². The van der Waals surface area contributed by atoms with Crippen LogP contribution in [-0.2, 0) is 6.54 Å². The minimum absolute atomic E-state index is 0.398. The Morgan fingerprint density at radius 1 is 1.17 bits per heavy atom. The quantitative estimate of drug-likeness (QED) is 0.664. The van der Waals surface area contributed by atoms with E-state index in [-0.39, 0.29) is 0 Å². The fourth-order valence-electron chi connectivity index (χ4n) is 1.97. The Morgan fingerprint density at radius 2 is 1.94 bits per heavy atom. The summed E-state index contributed by atoms with van der Waals surface area (Å²) in [6.07, 6.45) is 1.47. The van der Waals surface area contributed by atoms with Crippen molar-refractivity contribution < 1.29 is 0 Å². The van der Waals surface area contributed by atoms with E-state index in [0.29, 0.717) is 10.7 Å². The summed E-state index contributed by atoms with van der Waals surface area (Å²) >= 11 is 6.02. The van der Waals surface area contributed by atoms with Gasteiger partial charge in [0.2, 0.25) is 0 Å². The number of hydrogen-bond acceptors (Lipinski definition) is 3. The first-order valence-electron chi connectivity index (χ1n) is 5.63. The summed E-state index contributed by atoms with van der Waals surface area (Å²) in [5, 5.41) is 0.398. The van der Waals surface area contributed by atoms with E-state index in [1.165, 1.54) is 11.9 Å². The highest BCUT2D eigenvalue weighted by atomic mass is 35.5. The molecule has 5 heteroatoms. The van der Waals surface area contributed by atoms with E-state index < -0.39 is 0 Å². The lowest BCUT2D eigenvalue weighted by molar-refractivity contribution is 0.777. The lowest BCUT2D eigenvalue weighted by Gasteiger charge is -2.05. The van der Waals surface area contributed by atoms with Crippen LogP contribution in [0.15, 0.2) is 36.7 Å². The van der Waals surface area contributed by atoms with Crippen molar-refractivity contribution in [3.63, 3.8) is 0 Å². The van der Waals surface area contributed by atoms with Crippen LogP contribution in [0, 0.1) is 6.92 Å². The van der Waals surface area contributed by atoms with Crippen LogP contribution in [0.25, 0.3) is 11.2 Å². The molecular weight excluding hydrogens is 248 g/mol. The van der Waals surface area contributed by atoms with Gasteiger partial charge in [-0.15, -0.1) is 0 Å². The van der Waals surface area contributed by atoms with Gasteiger partial charge in [-0.3, -0.25) is 0 Å². The van der Waals surface area contributed by atoms with E-state index in [0.717, 1.165) is 18.0 Å². The first-order chi connectivity index (χ1) is 8.75. The number of benzene rings is 1. The van der Waals surface area contributed by atoms with Crippen molar-refractivity contribution in [1.82, 2.24) is 19.5 Å². The number of hydrogen-bond donors (Lipinski definition) is 0. The molecule has 0 spiro atoms. The second-order valence-electron chi connectivity index (χ2n) is 4.07. The van der Waals surface area contributed by atoms with Crippen LogP contribution in [-0.4, -0.2) is 19.5 Å². The van der Waals surface area contributed by atoms with Crippen LogP contribution in [0.4, 0.5) is 0 Å². The Bertz CT molecular complexity index is 691. The highest BCUT2D eigenvalue weighted by molar-refractivity contribution is 6.33. The predicted octanol–water partition coefficient (Wildman–Crippen LogP) is 2.84. The average molecular weight is 259 g/mol. The standard InChI is InChI=1S/C13H11ClN4/c1-9-17-11-12(14)15-8-16-13(11)18(9)7-10-5-3-2-4-6-10/h2-6,8H,7H2,1H3. The molecule has 4 nitrogen and oxygen atoms in total. The van der Waals surface area contributed by atoms with Gasteiger partial charge in [-0.25, -0.2) is 15.0 Å². The van der Waals surface area contributed by atoms with E-state index in [1.54, 1.807) is 0 Å². The topological polar surface area (TPSA) is 43.6 Å². The first kappa shape index (κ1) is 11.2. The van der Waals surface area contributed by atoms with Crippen molar-refractivity contribution in [2.24, 2.45) is 0 Å². The summed E-state index contributed by atoms with van der Waals surface area (Å²) in [7, 11) is 0. The molecule has 2 heterocycles. The number of aryl methyl sites for hydroxylation is 1. The molecule has 0 aliphatic rings. The van der Waals surface area contributed by atoms with Crippen molar-refractivity contribution in [3.8, 4) is 0 Å². The van der Waals surface area contributed by atoms with Gasteiger partial charge < -0.3 is 4.57 Å². The third-order valence-corrected chi connectivity index (χ3v) is 3.14. The molecule has 0 atom stereocenters. The van der Waals surface area contributed by atoms with Crippen molar-refractivity contribution in [2.75, 3.05) is 0 Å². The lowest BCUT2D eigenvalue weighted by atomic mass is 10.2. The van der Waals surface area contributed by atoms with Gasteiger partial charge in [0.25, 0.3) is 0 Å². The van der Waals surface area contributed by atoms with Gasteiger partial charge in [0.1, 0.15) is 17.7 Å². The Kier molecular flexibility index (Phi) is 2.72. The number of nitrogens with zero attached hydrogens (tertiary/aromatic N) is 4. The molecule has 3 aromatic rings. The van der Waals surface area contributed by atoms with Gasteiger partial charge in [0.15, 0.2) is 10.8 Å². The third kappa shape index (κ3) is 1.84. The second kappa shape index (κ2) is 4.38. The molecular formula is C13H11ClN4. The Hall–Kier alpha value is -1.94. The number of rotatable bonds is 2. The number of aromatic nitrogens is 4. The number of imidazole rings is 1. The molecule has 0 aliphatic heterocycles. The van der Waals surface area contributed by atoms with Gasteiger partial charge in [-0.1, -0.05) is 41.9 Å². The summed E-state index contributed by atoms with van der Waals surface area (Å²) in [5.41, 5.74) is 2.64. The van der Waals surface area contributed by atoms with Crippen LogP contribution in [0.1, 0.15) is 11.4 Å². The summed E-state index contributed by atoms with van der Waals surface area (Å²) in [5.74, 6) is 0.885. The fourth-order valence-corrected chi connectivity index (χ4v) is 2.14. The van der Waals surface area contributed by atoms with Gasteiger partial charge >= 0.3 is 0 Å². The van der Waals surface area contributed by atoms with Crippen LogP contribution in [0.3, 0.4) is 0 Å². The molecule has 0 aliphatic carbocycles. The molecule has 2 aromatic heterocycles. The van der Waals surface area contributed by atoms with E-state index in [1.807, 2.05) is 29.7 Å². The van der Waals surface area contributed by atoms with Crippen LogP contribution >= 0.6 is 11.6 Å². The van der Waals surface area contributed by atoms with Crippen LogP contribution in [0.5, 0.6) is 0 Å². The highest BCUT2D eigenvalue weighted by Gasteiger charge is 2.12. The summed E-state index contributed by atoms with van der Waals surface area (Å²) in [6, 6.07) is 10.2. The van der Waals surface area contributed by atoms with E-state index in [9.17, 15) is 0 Å². The lowest BCUT2D eigenvalue weighted by Crippen LogP contribution is -2.02. The smallest absolute Gasteiger partial charge is 0.165 e. The molecule has 90 valence electrons. The molecule has 1 aromatic carbocycles. The molecule has 0 saturated heterocycles. The first-order valence-corrected chi connectivity index (χ1v) is 6.01. The molecule has 3 rings (SSSR count). The average Bonchev–Trinajstić information content (AvgIpc) is 2.70. The second-order valence-corrected chi connectivity index (χ2v) is 4.43. The third-order valence-electron chi connectivity index (χ3n) is 2.86. The zero-order chi connectivity index (χ0) is 12.5. The maximum Gasteiger partial charge on any atom is 0.165 e. The molecule has 0 bridgehead atoms. The molecule has 0 saturated carbocycles. The molecule has 0 unspecified atom stereocenters. The predicted molar refractivity (Wildman–Crippen MR) is 70.6 cm³/mol. The largest absolute Gasteiger partial charge is 0.308 e. The summed E-state index contributed by atoms with van der Waals surface area (Å²) < 4.78 is 2.04. The Labute approximate surface area is 109 Å². The van der Waals surface area contributed by atoms with Gasteiger partial charge in [-0.2, -0.15) is 0 Å². The van der Waals surface area contributed by atoms with Crippen LogP contribution in [0.2, 0.25) is 5.15 Å². The number of fused-ring (bicyclic) bond motifs is 1. The SMILES string of the molecule is Cc1nc2c(Cl)ncnc2n1Cc1ccccc1. The van der Waals surface area contributed by atoms with Crippen molar-refractivity contribution >= 4 is 22.8 Å². The molecule has 18 heavy (non-hydrogen) atoms. The zero-order valence-corrected chi connectivity index (χ0v) is 10.6. The minimum atomic E-state index is 0.398. The maximum atomic E-state index is 6.02. The summed E-state index contributed by atoms with van der Waals surface area (Å²) in [4.78, 5) is 12.6. The normalized spacial score (nSPS) is 11.0. The van der Waals surface area contributed by atoms with E-state index >= 15 is 0 Å². The monoisotopic (exact) mass is 258 g/mol.